The Hall–Kier alpha value is -3.06. The molecule has 0 aliphatic carbocycles. The van der Waals surface area contributed by atoms with Crippen LogP contribution in [0.2, 0.25) is 0 Å². The number of carbonyl (C=O) groups is 1. The summed E-state index contributed by atoms with van der Waals surface area (Å²) in [6.45, 7) is 0.455. The lowest BCUT2D eigenvalue weighted by Crippen LogP contribution is -2.26. The number of nitrogens with zero attached hydrogens (tertiary/aromatic N) is 2. The third-order valence-electron chi connectivity index (χ3n) is 4.37. The normalized spacial score (nSPS) is 11.1. The van der Waals surface area contributed by atoms with E-state index in [2.05, 4.69) is 16.4 Å². The van der Waals surface area contributed by atoms with Gasteiger partial charge in [0, 0.05) is 17.3 Å². The first-order valence-corrected chi connectivity index (χ1v) is 9.65. The third kappa shape index (κ3) is 3.21. The molecular formula is C20H17N3O3S. The van der Waals surface area contributed by atoms with E-state index < -0.39 is 0 Å². The summed E-state index contributed by atoms with van der Waals surface area (Å²) < 4.78 is 7.21. The zero-order valence-corrected chi connectivity index (χ0v) is 15.5. The number of aldehydes is 1. The minimum absolute atomic E-state index is 0.00943. The Morgan fingerprint density at radius 1 is 1.19 bits per heavy atom. The van der Waals surface area contributed by atoms with Crippen LogP contribution in [0.5, 0.6) is 0 Å². The van der Waals surface area contributed by atoms with Crippen LogP contribution in [0.15, 0.2) is 63.0 Å². The number of furan rings is 1. The minimum atomic E-state index is -0.253. The second-order valence-electron chi connectivity index (χ2n) is 6.02. The lowest BCUT2D eigenvalue weighted by atomic mass is 10.1. The molecule has 0 saturated heterocycles. The number of rotatable bonds is 6. The zero-order valence-electron chi connectivity index (χ0n) is 14.6. The average molecular weight is 379 g/mol. The molecule has 2 aromatic carbocycles. The van der Waals surface area contributed by atoms with Gasteiger partial charge in [0.1, 0.15) is 23.1 Å². The third-order valence-corrected chi connectivity index (χ3v) is 5.07. The molecule has 0 atom stereocenters. The molecule has 6 nitrogen and oxygen atoms in total. The predicted octanol–water partition coefficient (Wildman–Crippen LogP) is 3.68. The van der Waals surface area contributed by atoms with Crippen molar-refractivity contribution in [2.75, 3.05) is 11.6 Å². The minimum Gasteiger partial charge on any atom is -0.456 e. The highest BCUT2D eigenvalue weighted by Crippen LogP contribution is 2.29. The molecule has 2 aromatic heterocycles. The maximum atomic E-state index is 12.6. The molecule has 1 N–H and O–H groups in total. The number of benzene rings is 2. The zero-order chi connectivity index (χ0) is 18.8. The highest BCUT2D eigenvalue weighted by molar-refractivity contribution is 7.98. The van der Waals surface area contributed by atoms with Gasteiger partial charge in [-0.3, -0.25) is 9.36 Å². The Bertz CT molecular complexity index is 1200. The Balaban J connectivity index is 1.63. The van der Waals surface area contributed by atoms with Gasteiger partial charge < -0.3 is 14.5 Å². The lowest BCUT2D eigenvalue weighted by Gasteiger charge is -2.11. The van der Waals surface area contributed by atoms with Crippen LogP contribution in [-0.4, -0.2) is 22.1 Å². The van der Waals surface area contributed by atoms with Crippen molar-refractivity contribution in [2.45, 2.75) is 18.2 Å². The molecule has 0 bridgehead atoms. The molecule has 7 heteroatoms. The summed E-state index contributed by atoms with van der Waals surface area (Å²) in [5.41, 5.74) is 2.82. The first-order chi connectivity index (χ1) is 13.2. The first kappa shape index (κ1) is 17.4. The smallest absolute Gasteiger partial charge is 0.277 e. The van der Waals surface area contributed by atoms with Crippen molar-refractivity contribution >= 4 is 45.7 Å². The number of hydrogen-bond acceptors (Lipinski definition) is 6. The van der Waals surface area contributed by atoms with Crippen LogP contribution >= 0.6 is 11.8 Å². The molecule has 0 aliphatic rings. The van der Waals surface area contributed by atoms with Crippen LogP contribution in [0, 0.1) is 0 Å². The van der Waals surface area contributed by atoms with Crippen molar-refractivity contribution in [3.8, 4) is 0 Å². The van der Waals surface area contributed by atoms with Gasteiger partial charge in [-0.2, -0.15) is 0 Å². The number of fused-ring (bicyclic) bond motifs is 3. The topological polar surface area (TPSA) is 77.1 Å². The fourth-order valence-corrected chi connectivity index (χ4v) is 3.61. The van der Waals surface area contributed by atoms with Gasteiger partial charge >= 0.3 is 0 Å². The number of nitrogens with one attached hydrogen (secondary N) is 1. The number of anilines is 1. The second-order valence-corrected chi connectivity index (χ2v) is 6.80. The average Bonchev–Trinajstić information content (AvgIpc) is 3.07. The highest BCUT2D eigenvalue weighted by atomic mass is 32.2. The summed E-state index contributed by atoms with van der Waals surface area (Å²) in [5, 5.41) is 5.75. The van der Waals surface area contributed by atoms with Gasteiger partial charge in [0.15, 0.2) is 5.16 Å². The van der Waals surface area contributed by atoms with E-state index in [4.69, 9.17) is 4.42 Å². The number of aromatic nitrogens is 2. The summed E-state index contributed by atoms with van der Waals surface area (Å²) in [6, 6.07) is 13.9. The molecule has 4 aromatic rings. The molecular weight excluding hydrogens is 362 g/mol. The number of thioether (sulfide) groups is 1. The van der Waals surface area contributed by atoms with E-state index in [1.54, 1.807) is 0 Å². The standard InChI is InChI=1S/C20H17N3O3S/c1-27-20-22-12-16(19(25)23(20)8-9-24)21-11-13-6-7-18-15(10-13)14-4-2-3-5-17(14)26-18/h2-7,9-10,12,21H,8,11H2,1H3. The van der Waals surface area contributed by atoms with E-state index >= 15 is 0 Å². The second kappa shape index (κ2) is 7.28. The van der Waals surface area contributed by atoms with Crippen molar-refractivity contribution in [2.24, 2.45) is 0 Å². The van der Waals surface area contributed by atoms with Crippen LogP contribution < -0.4 is 10.9 Å². The van der Waals surface area contributed by atoms with E-state index in [9.17, 15) is 9.59 Å². The van der Waals surface area contributed by atoms with E-state index in [-0.39, 0.29) is 12.1 Å². The van der Waals surface area contributed by atoms with Crippen LogP contribution in [0.25, 0.3) is 21.9 Å². The molecule has 4 rings (SSSR count). The molecule has 0 spiro atoms. The molecule has 0 saturated carbocycles. The molecule has 0 amide bonds. The van der Waals surface area contributed by atoms with Crippen molar-refractivity contribution in [1.82, 2.24) is 9.55 Å². The molecule has 136 valence electrons. The van der Waals surface area contributed by atoms with Gasteiger partial charge in [-0.15, -0.1) is 0 Å². The van der Waals surface area contributed by atoms with Crippen molar-refractivity contribution in [3.05, 3.63) is 64.6 Å². The van der Waals surface area contributed by atoms with Crippen LogP contribution in [0.4, 0.5) is 5.69 Å². The fraction of sp³-hybridized carbons (Fsp3) is 0.150. The van der Waals surface area contributed by atoms with E-state index in [1.165, 1.54) is 22.5 Å². The van der Waals surface area contributed by atoms with Crippen LogP contribution in [0.3, 0.4) is 0 Å². The molecule has 0 aliphatic heterocycles. The van der Waals surface area contributed by atoms with Gasteiger partial charge in [-0.1, -0.05) is 36.0 Å². The fourth-order valence-electron chi connectivity index (χ4n) is 3.08. The van der Waals surface area contributed by atoms with Gasteiger partial charge in [-0.05, 0) is 30.0 Å². The quantitative estimate of drug-likeness (QED) is 0.313. The Labute approximate surface area is 159 Å². The molecule has 0 radical (unpaired) electrons. The Morgan fingerprint density at radius 3 is 2.81 bits per heavy atom. The first-order valence-electron chi connectivity index (χ1n) is 8.43. The van der Waals surface area contributed by atoms with Crippen LogP contribution in [0.1, 0.15) is 5.56 Å². The molecule has 0 fully saturated rings. The van der Waals surface area contributed by atoms with Gasteiger partial charge in [0.2, 0.25) is 0 Å². The summed E-state index contributed by atoms with van der Waals surface area (Å²) in [5.74, 6) is 0. The van der Waals surface area contributed by atoms with Gasteiger partial charge in [0.05, 0.1) is 12.7 Å². The molecule has 0 unspecified atom stereocenters. The van der Waals surface area contributed by atoms with Crippen molar-refractivity contribution in [3.63, 3.8) is 0 Å². The largest absolute Gasteiger partial charge is 0.456 e. The number of para-hydroxylation sites is 1. The van der Waals surface area contributed by atoms with Crippen molar-refractivity contribution in [1.29, 1.82) is 0 Å². The Kier molecular flexibility index (Phi) is 4.68. The van der Waals surface area contributed by atoms with Crippen LogP contribution in [-0.2, 0) is 17.9 Å². The number of hydrogen-bond donors (Lipinski definition) is 1. The monoisotopic (exact) mass is 379 g/mol. The number of carbonyl (C=O) groups excluding carboxylic acids is 1. The summed E-state index contributed by atoms with van der Waals surface area (Å²) in [7, 11) is 0. The summed E-state index contributed by atoms with van der Waals surface area (Å²) >= 11 is 1.33. The van der Waals surface area contributed by atoms with E-state index in [1.807, 2.05) is 42.7 Å². The maximum absolute atomic E-state index is 12.6. The molecule has 27 heavy (non-hydrogen) atoms. The molecule has 2 heterocycles. The Morgan fingerprint density at radius 2 is 2.00 bits per heavy atom. The van der Waals surface area contributed by atoms with E-state index in [0.29, 0.717) is 23.7 Å². The summed E-state index contributed by atoms with van der Waals surface area (Å²) in [4.78, 5) is 27.7. The predicted molar refractivity (Wildman–Crippen MR) is 107 cm³/mol. The van der Waals surface area contributed by atoms with Gasteiger partial charge in [-0.25, -0.2) is 4.98 Å². The highest BCUT2D eigenvalue weighted by Gasteiger charge is 2.10. The lowest BCUT2D eigenvalue weighted by molar-refractivity contribution is -0.108. The van der Waals surface area contributed by atoms with E-state index in [0.717, 1.165) is 27.5 Å². The summed E-state index contributed by atoms with van der Waals surface area (Å²) in [6.07, 6.45) is 4.03. The van der Waals surface area contributed by atoms with Gasteiger partial charge in [0.25, 0.3) is 5.56 Å². The SMILES string of the molecule is CSc1ncc(NCc2ccc3oc4ccccc4c3c2)c(=O)n1CC=O. The van der Waals surface area contributed by atoms with Crippen molar-refractivity contribution < 1.29 is 9.21 Å². The maximum Gasteiger partial charge on any atom is 0.277 e.